The number of hydrogen-bond acceptors (Lipinski definition) is 7. The summed E-state index contributed by atoms with van der Waals surface area (Å²) in [6.45, 7) is 7.66. The van der Waals surface area contributed by atoms with E-state index in [1.165, 1.54) is 18.2 Å². The molecule has 0 saturated carbocycles. The van der Waals surface area contributed by atoms with Gasteiger partial charge in [0.2, 0.25) is 0 Å². The number of nitro groups is 1. The van der Waals surface area contributed by atoms with Gasteiger partial charge < -0.3 is 19.7 Å². The van der Waals surface area contributed by atoms with Crippen LogP contribution in [0.4, 0.5) is 17.1 Å². The molecule has 1 fully saturated rings. The van der Waals surface area contributed by atoms with Gasteiger partial charge in [-0.1, -0.05) is 39.0 Å². The third kappa shape index (κ3) is 5.61. The molecule has 0 spiro atoms. The third-order valence-corrected chi connectivity index (χ3v) is 5.11. The largest absolute Gasteiger partial charge is 0.452 e. The molecule has 9 nitrogen and oxygen atoms in total. The third-order valence-electron chi connectivity index (χ3n) is 5.11. The summed E-state index contributed by atoms with van der Waals surface area (Å²) in [6.07, 6.45) is 0. The number of nitrogens with zero attached hydrogens (tertiary/aromatic N) is 2. The number of ether oxygens (including phenoxy) is 2. The molecule has 1 aliphatic heterocycles. The SMILES string of the molecule is CC(C)(C)c1ccccc1NC(=O)COC(=O)c1cc([N+](=O)[O-])ccc1N1CCOCC1. The molecule has 1 heterocycles. The smallest absolute Gasteiger partial charge is 0.341 e. The van der Waals surface area contributed by atoms with Crippen molar-refractivity contribution in [3.05, 3.63) is 63.7 Å². The molecule has 1 amide bonds. The molecule has 0 aliphatic carbocycles. The molecular formula is C23H27N3O6. The Kier molecular flexibility index (Phi) is 7.09. The fraction of sp³-hybridized carbons (Fsp3) is 0.391. The first-order chi connectivity index (χ1) is 15.2. The van der Waals surface area contributed by atoms with Crippen molar-refractivity contribution in [2.45, 2.75) is 26.2 Å². The van der Waals surface area contributed by atoms with Crippen molar-refractivity contribution < 1.29 is 24.0 Å². The lowest BCUT2D eigenvalue weighted by Gasteiger charge is -2.30. The van der Waals surface area contributed by atoms with Crippen LogP contribution in [0.1, 0.15) is 36.7 Å². The van der Waals surface area contributed by atoms with Gasteiger partial charge in [-0.3, -0.25) is 14.9 Å². The number of anilines is 2. The average molecular weight is 441 g/mol. The zero-order valence-electron chi connectivity index (χ0n) is 18.4. The van der Waals surface area contributed by atoms with Gasteiger partial charge >= 0.3 is 5.97 Å². The number of morpholine rings is 1. The molecule has 0 unspecified atom stereocenters. The maximum absolute atomic E-state index is 12.8. The number of carbonyl (C=O) groups is 2. The molecule has 1 saturated heterocycles. The number of esters is 1. The van der Waals surface area contributed by atoms with Gasteiger partial charge in [0.05, 0.1) is 29.4 Å². The summed E-state index contributed by atoms with van der Waals surface area (Å²) >= 11 is 0. The number of non-ortho nitro benzene ring substituents is 1. The molecule has 0 radical (unpaired) electrons. The Morgan fingerprint density at radius 3 is 2.50 bits per heavy atom. The van der Waals surface area contributed by atoms with Crippen LogP contribution < -0.4 is 10.2 Å². The zero-order valence-corrected chi connectivity index (χ0v) is 18.4. The van der Waals surface area contributed by atoms with Crippen molar-refractivity contribution in [1.29, 1.82) is 0 Å². The second kappa shape index (κ2) is 9.78. The maximum atomic E-state index is 12.8. The number of rotatable bonds is 6. The monoisotopic (exact) mass is 441 g/mol. The highest BCUT2D eigenvalue weighted by Crippen LogP contribution is 2.29. The highest BCUT2D eigenvalue weighted by molar-refractivity contribution is 5.99. The Morgan fingerprint density at radius 1 is 1.16 bits per heavy atom. The minimum absolute atomic E-state index is 0.0454. The van der Waals surface area contributed by atoms with Gasteiger partial charge in [0, 0.05) is 30.9 Å². The van der Waals surface area contributed by atoms with E-state index in [4.69, 9.17) is 9.47 Å². The van der Waals surface area contributed by atoms with Crippen LogP contribution in [0, 0.1) is 10.1 Å². The summed E-state index contributed by atoms with van der Waals surface area (Å²) in [5.41, 5.74) is 1.75. The van der Waals surface area contributed by atoms with E-state index in [-0.39, 0.29) is 16.7 Å². The molecular weight excluding hydrogens is 414 g/mol. The molecule has 2 aromatic carbocycles. The summed E-state index contributed by atoms with van der Waals surface area (Å²) in [6, 6.07) is 11.5. The van der Waals surface area contributed by atoms with Crippen LogP contribution in [0.5, 0.6) is 0 Å². The fourth-order valence-electron chi connectivity index (χ4n) is 3.52. The Labute approximate surface area is 186 Å². The van der Waals surface area contributed by atoms with E-state index >= 15 is 0 Å². The summed E-state index contributed by atoms with van der Waals surface area (Å²) in [7, 11) is 0. The Hall–Kier alpha value is -3.46. The van der Waals surface area contributed by atoms with Crippen molar-refractivity contribution >= 4 is 28.9 Å². The number of benzene rings is 2. The predicted molar refractivity (Wildman–Crippen MR) is 120 cm³/mol. The van der Waals surface area contributed by atoms with Crippen molar-refractivity contribution in [2.24, 2.45) is 0 Å². The highest BCUT2D eigenvalue weighted by atomic mass is 16.6. The fourth-order valence-corrected chi connectivity index (χ4v) is 3.52. The van der Waals surface area contributed by atoms with Gasteiger partial charge in [-0.25, -0.2) is 4.79 Å². The lowest BCUT2D eigenvalue weighted by Crippen LogP contribution is -2.37. The first-order valence-electron chi connectivity index (χ1n) is 10.3. The number of nitrogens with one attached hydrogen (secondary N) is 1. The Balaban J connectivity index is 1.74. The molecule has 32 heavy (non-hydrogen) atoms. The number of hydrogen-bond donors (Lipinski definition) is 1. The maximum Gasteiger partial charge on any atom is 0.341 e. The second-order valence-electron chi connectivity index (χ2n) is 8.48. The number of para-hydroxylation sites is 1. The van der Waals surface area contributed by atoms with Crippen LogP contribution in [0.25, 0.3) is 0 Å². The zero-order chi connectivity index (χ0) is 23.3. The quantitative estimate of drug-likeness (QED) is 0.415. The number of nitro benzene ring substituents is 1. The topological polar surface area (TPSA) is 111 Å². The van der Waals surface area contributed by atoms with Crippen LogP contribution in [0.15, 0.2) is 42.5 Å². The summed E-state index contributed by atoms with van der Waals surface area (Å²) in [4.78, 5) is 37.8. The van der Waals surface area contributed by atoms with Crippen molar-refractivity contribution in [2.75, 3.05) is 43.1 Å². The summed E-state index contributed by atoms with van der Waals surface area (Å²) in [5, 5.41) is 14.0. The lowest BCUT2D eigenvalue weighted by molar-refractivity contribution is -0.384. The normalized spacial score (nSPS) is 14.0. The summed E-state index contributed by atoms with van der Waals surface area (Å²) in [5.74, 6) is -1.29. The average Bonchev–Trinajstić information content (AvgIpc) is 2.77. The molecule has 2 aromatic rings. The van der Waals surface area contributed by atoms with Gasteiger partial charge in [0.1, 0.15) is 0 Å². The van der Waals surface area contributed by atoms with E-state index in [9.17, 15) is 19.7 Å². The standard InChI is InChI=1S/C23H27N3O6/c1-23(2,3)18-6-4-5-7-19(18)24-21(27)15-32-22(28)17-14-16(26(29)30)8-9-20(17)25-10-12-31-13-11-25/h4-9,14H,10-13,15H2,1-3H3,(H,24,27). The first-order valence-corrected chi connectivity index (χ1v) is 10.3. The Morgan fingerprint density at radius 2 is 1.84 bits per heavy atom. The van der Waals surface area contributed by atoms with Crippen LogP contribution in [-0.2, 0) is 19.7 Å². The molecule has 0 bridgehead atoms. The molecule has 170 valence electrons. The van der Waals surface area contributed by atoms with Crippen molar-refractivity contribution in [3.63, 3.8) is 0 Å². The first kappa shape index (κ1) is 23.2. The van der Waals surface area contributed by atoms with E-state index in [2.05, 4.69) is 5.32 Å². The van der Waals surface area contributed by atoms with E-state index in [1.54, 1.807) is 6.07 Å². The Bertz CT molecular complexity index is 1010. The lowest BCUT2D eigenvalue weighted by atomic mass is 9.86. The van der Waals surface area contributed by atoms with Gasteiger partial charge in [-0.15, -0.1) is 0 Å². The minimum Gasteiger partial charge on any atom is -0.452 e. The van der Waals surface area contributed by atoms with Gasteiger partial charge in [0.25, 0.3) is 11.6 Å². The number of amides is 1. The van der Waals surface area contributed by atoms with Gasteiger partial charge in [-0.05, 0) is 23.1 Å². The van der Waals surface area contributed by atoms with Crippen LogP contribution in [-0.4, -0.2) is 49.7 Å². The summed E-state index contributed by atoms with van der Waals surface area (Å²) < 4.78 is 10.6. The predicted octanol–water partition coefficient (Wildman–Crippen LogP) is 3.52. The molecule has 0 aromatic heterocycles. The molecule has 0 atom stereocenters. The molecule has 3 rings (SSSR count). The van der Waals surface area contributed by atoms with E-state index in [0.29, 0.717) is 37.7 Å². The van der Waals surface area contributed by atoms with Crippen molar-refractivity contribution in [3.8, 4) is 0 Å². The minimum atomic E-state index is -0.797. The van der Waals surface area contributed by atoms with Crippen LogP contribution in [0.3, 0.4) is 0 Å². The van der Waals surface area contributed by atoms with Crippen molar-refractivity contribution in [1.82, 2.24) is 0 Å². The molecule has 1 N–H and O–H groups in total. The molecule has 9 heteroatoms. The van der Waals surface area contributed by atoms with E-state index in [1.807, 2.05) is 43.9 Å². The van der Waals surface area contributed by atoms with Gasteiger partial charge in [-0.2, -0.15) is 0 Å². The highest BCUT2D eigenvalue weighted by Gasteiger charge is 2.24. The van der Waals surface area contributed by atoms with Gasteiger partial charge in [0.15, 0.2) is 6.61 Å². The molecule has 1 aliphatic rings. The van der Waals surface area contributed by atoms with Crippen LogP contribution in [0.2, 0.25) is 0 Å². The van der Waals surface area contributed by atoms with E-state index < -0.39 is 23.4 Å². The number of carbonyl (C=O) groups excluding carboxylic acids is 2. The van der Waals surface area contributed by atoms with E-state index in [0.717, 1.165) is 5.56 Å². The van der Waals surface area contributed by atoms with Crippen LogP contribution >= 0.6 is 0 Å². The second-order valence-corrected chi connectivity index (χ2v) is 8.48.